The Morgan fingerprint density at radius 3 is 1.78 bits per heavy atom. The Hall–Kier alpha value is -7.94. The molecular weight excluding hydrogens is 821 g/mol. The second-order valence-corrected chi connectivity index (χ2v) is 20.3. The fraction of sp³-hybridized carbons (Fsp3) is 0.121. The molecule has 3 aliphatic rings. The molecule has 0 aliphatic heterocycles. The lowest BCUT2D eigenvalue weighted by atomic mass is 9.77. The van der Waals surface area contributed by atoms with Crippen LogP contribution >= 0.6 is 0 Å². The van der Waals surface area contributed by atoms with Crippen molar-refractivity contribution < 1.29 is 0 Å². The van der Waals surface area contributed by atoms with Gasteiger partial charge < -0.3 is 9.47 Å². The van der Waals surface area contributed by atoms with Crippen molar-refractivity contribution in [2.75, 3.05) is 4.90 Å². The number of para-hydroxylation sites is 1. The van der Waals surface area contributed by atoms with E-state index in [4.69, 9.17) is 0 Å². The maximum Gasteiger partial charge on any atom is 0.0547 e. The summed E-state index contributed by atoms with van der Waals surface area (Å²) in [6, 6.07) is 81.9. The van der Waals surface area contributed by atoms with Crippen LogP contribution in [0.25, 0.3) is 82.8 Å². The predicted molar refractivity (Wildman–Crippen MR) is 286 cm³/mol. The van der Waals surface area contributed by atoms with Crippen LogP contribution in [0.5, 0.6) is 0 Å². The Labute approximate surface area is 398 Å². The van der Waals surface area contributed by atoms with E-state index in [9.17, 15) is 0 Å². The van der Waals surface area contributed by atoms with Gasteiger partial charge in [-0.3, -0.25) is 0 Å². The van der Waals surface area contributed by atoms with E-state index in [0.717, 1.165) is 17.1 Å². The third kappa shape index (κ3) is 5.52. The smallest absolute Gasteiger partial charge is 0.0547 e. The third-order valence-corrected chi connectivity index (χ3v) is 16.5. The van der Waals surface area contributed by atoms with Gasteiger partial charge in [-0.15, -0.1) is 0 Å². The number of aromatic nitrogens is 1. The lowest BCUT2D eigenvalue weighted by Crippen LogP contribution is -2.16. The van der Waals surface area contributed by atoms with Crippen molar-refractivity contribution in [3.05, 3.63) is 241 Å². The normalized spacial score (nSPS) is 18.2. The monoisotopic (exact) mass is 870 g/mol. The Bertz CT molecular complexity index is 3870. The zero-order chi connectivity index (χ0) is 45.5. The van der Waals surface area contributed by atoms with Gasteiger partial charge in [-0.25, -0.2) is 0 Å². The van der Waals surface area contributed by atoms with Crippen LogP contribution in [-0.2, 0) is 10.8 Å². The molecule has 0 bridgehead atoms. The average molecular weight is 871 g/mol. The molecule has 68 heavy (non-hydrogen) atoms. The first kappa shape index (κ1) is 39.2. The summed E-state index contributed by atoms with van der Waals surface area (Å²) in [6.07, 6.45) is 0. The lowest BCUT2D eigenvalue weighted by Gasteiger charge is -2.29. The molecule has 3 atom stereocenters. The van der Waals surface area contributed by atoms with Crippen LogP contribution in [0.4, 0.5) is 17.1 Å². The highest BCUT2D eigenvalue weighted by atomic mass is 15.1. The summed E-state index contributed by atoms with van der Waals surface area (Å²) in [4.78, 5) is 2.45. The van der Waals surface area contributed by atoms with Crippen LogP contribution in [0, 0.1) is 5.92 Å². The second-order valence-electron chi connectivity index (χ2n) is 20.3. The minimum Gasteiger partial charge on any atom is -0.310 e. The molecule has 11 aromatic rings. The zero-order valence-electron chi connectivity index (χ0n) is 38.8. The summed E-state index contributed by atoms with van der Waals surface area (Å²) in [5.41, 5.74) is 23.0. The molecule has 0 spiro atoms. The maximum atomic E-state index is 2.52. The van der Waals surface area contributed by atoms with Crippen molar-refractivity contribution in [1.29, 1.82) is 0 Å². The first-order valence-electron chi connectivity index (χ1n) is 24.3. The third-order valence-electron chi connectivity index (χ3n) is 16.5. The molecule has 0 amide bonds. The van der Waals surface area contributed by atoms with Crippen LogP contribution < -0.4 is 4.90 Å². The summed E-state index contributed by atoms with van der Waals surface area (Å²) in [7, 11) is 0. The van der Waals surface area contributed by atoms with Crippen LogP contribution in [0.3, 0.4) is 0 Å². The minimum atomic E-state index is -0.124. The first-order chi connectivity index (χ1) is 33.3. The molecule has 10 aromatic carbocycles. The first-order valence-corrected chi connectivity index (χ1v) is 24.3. The number of nitrogens with zero attached hydrogens (tertiary/aromatic N) is 2. The minimum absolute atomic E-state index is 0.124. The van der Waals surface area contributed by atoms with Gasteiger partial charge in [0.05, 0.1) is 11.0 Å². The Balaban J connectivity index is 0.957. The van der Waals surface area contributed by atoms with E-state index in [2.05, 4.69) is 256 Å². The molecule has 1 fully saturated rings. The number of benzene rings is 10. The Kier molecular flexibility index (Phi) is 8.24. The molecule has 0 N–H and O–H groups in total. The van der Waals surface area contributed by atoms with Crippen molar-refractivity contribution in [3.63, 3.8) is 0 Å². The molecule has 1 heterocycles. The molecule has 2 nitrogen and oxygen atoms in total. The highest BCUT2D eigenvalue weighted by Gasteiger charge is 2.63. The average Bonchev–Trinajstić information content (AvgIpc) is 3.70. The van der Waals surface area contributed by atoms with Crippen LogP contribution in [0.1, 0.15) is 55.9 Å². The molecule has 1 aromatic heterocycles. The summed E-state index contributed by atoms with van der Waals surface area (Å²) < 4.78 is 2.47. The summed E-state index contributed by atoms with van der Waals surface area (Å²) in [6.45, 7) is 9.66. The van der Waals surface area contributed by atoms with Crippen molar-refractivity contribution in [3.8, 4) is 50.2 Å². The standard InChI is InChI=1S/C66H50N2/c1-41-64-54-32-29-46-38-62-57(40-55(46)63(54)53-26-12-14-28-59(53)66(41,64)4)56-37-45(30-34-61(56)68(62)47-21-9-6-10-22-47)44-20-16-24-49(36-44)67(48-23-15-19-43(35-48)42-17-7-5-8-18-42)50-31-33-52-51-25-11-13-27-58(51)65(2,3)60(52)39-50/h5-41,64H,1-4H3. The number of fused-ring (bicyclic) bond motifs is 14. The van der Waals surface area contributed by atoms with Crippen molar-refractivity contribution >= 4 is 49.6 Å². The van der Waals surface area contributed by atoms with Gasteiger partial charge in [-0.2, -0.15) is 0 Å². The summed E-state index contributed by atoms with van der Waals surface area (Å²) in [5.74, 6) is 1.15. The van der Waals surface area contributed by atoms with Gasteiger partial charge in [0.15, 0.2) is 0 Å². The van der Waals surface area contributed by atoms with Crippen LogP contribution in [-0.4, -0.2) is 4.57 Å². The van der Waals surface area contributed by atoms with Gasteiger partial charge in [0.1, 0.15) is 0 Å². The maximum absolute atomic E-state index is 2.52. The molecule has 3 unspecified atom stereocenters. The molecule has 3 aliphatic carbocycles. The molecule has 0 radical (unpaired) electrons. The SMILES string of the molecule is CC1C2c3ccc4cc5c(cc4c3-c3ccccc3C12C)c1cc(-c2cccc(N(c3cccc(-c4ccccc4)c3)c3ccc4c(c3)C(C)(C)c3ccccc3-4)c2)ccc1n5-c1ccccc1. The number of rotatable bonds is 6. The van der Waals surface area contributed by atoms with E-state index >= 15 is 0 Å². The lowest BCUT2D eigenvalue weighted by molar-refractivity contribution is 0.660. The molecule has 14 rings (SSSR count). The van der Waals surface area contributed by atoms with E-state index in [1.807, 2.05) is 0 Å². The van der Waals surface area contributed by atoms with Gasteiger partial charge in [0, 0.05) is 44.4 Å². The van der Waals surface area contributed by atoms with Crippen molar-refractivity contribution in [2.24, 2.45) is 5.92 Å². The quantitative estimate of drug-likeness (QED) is 0.162. The molecule has 0 saturated heterocycles. The van der Waals surface area contributed by atoms with Gasteiger partial charge >= 0.3 is 0 Å². The Morgan fingerprint density at radius 2 is 1.01 bits per heavy atom. The highest BCUT2D eigenvalue weighted by molar-refractivity contribution is 6.17. The molecule has 1 saturated carbocycles. The molecular formula is C66H50N2. The van der Waals surface area contributed by atoms with Gasteiger partial charge in [0.25, 0.3) is 0 Å². The number of hydrogen-bond donors (Lipinski definition) is 0. The van der Waals surface area contributed by atoms with Gasteiger partial charge in [-0.05, 0) is 162 Å². The van der Waals surface area contributed by atoms with Crippen molar-refractivity contribution in [2.45, 2.75) is 44.4 Å². The second kappa shape index (κ2) is 14.3. The summed E-state index contributed by atoms with van der Waals surface area (Å²) >= 11 is 0. The largest absolute Gasteiger partial charge is 0.310 e. The van der Waals surface area contributed by atoms with E-state index in [1.54, 1.807) is 0 Å². The van der Waals surface area contributed by atoms with E-state index in [0.29, 0.717) is 11.8 Å². The van der Waals surface area contributed by atoms with Crippen molar-refractivity contribution in [1.82, 2.24) is 4.57 Å². The molecule has 2 heteroatoms. The van der Waals surface area contributed by atoms with E-state index in [1.165, 1.54) is 105 Å². The number of hydrogen-bond acceptors (Lipinski definition) is 1. The fourth-order valence-electron chi connectivity index (χ4n) is 12.9. The van der Waals surface area contributed by atoms with Crippen LogP contribution in [0.15, 0.2) is 218 Å². The zero-order valence-corrected chi connectivity index (χ0v) is 38.8. The topological polar surface area (TPSA) is 8.17 Å². The Morgan fingerprint density at radius 1 is 0.412 bits per heavy atom. The highest BCUT2D eigenvalue weighted by Crippen LogP contribution is 2.71. The summed E-state index contributed by atoms with van der Waals surface area (Å²) in [5, 5.41) is 5.16. The molecule has 324 valence electrons. The fourth-order valence-corrected chi connectivity index (χ4v) is 12.9. The number of anilines is 3. The van der Waals surface area contributed by atoms with E-state index in [-0.39, 0.29) is 10.8 Å². The predicted octanol–water partition coefficient (Wildman–Crippen LogP) is 17.7. The van der Waals surface area contributed by atoms with Gasteiger partial charge in [-0.1, -0.05) is 173 Å². The van der Waals surface area contributed by atoms with Crippen LogP contribution in [0.2, 0.25) is 0 Å². The van der Waals surface area contributed by atoms with Gasteiger partial charge in [0.2, 0.25) is 0 Å². The van der Waals surface area contributed by atoms with E-state index < -0.39 is 0 Å².